The number of carboxylic acid groups (broad SMARTS) is 1. The summed E-state index contributed by atoms with van der Waals surface area (Å²) in [7, 11) is 0. The fourth-order valence-electron chi connectivity index (χ4n) is 1.53. The molecule has 1 atom stereocenters. The molecular formula is C20H37NO10. The van der Waals surface area contributed by atoms with Crippen molar-refractivity contribution in [1.82, 2.24) is 5.32 Å². The Morgan fingerprint density at radius 1 is 0.774 bits per heavy atom. The second-order valence-corrected chi connectivity index (χ2v) is 9.46. The van der Waals surface area contributed by atoms with E-state index in [1.54, 1.807) is 62.3 Å². The van der Waals surface area contributed by atoms with E-state index in [0.29, 0.717) is 6.42 Å². The molecule has 0 aliphatic rings. The third kappa shape index (κ3) is 23.6. The van der Waals surface area contributed by atoms with Crippen molar-refractivity contribution in [3.63, 3.8) is 0 Å². The zero-order valence-electron chi connectivity index (χ0n) is 19.9. The Morgan fingerprint density at radius 2 is 1.16 bits per heavy atom. The van der Waals surface area contributed by atoms with E-state index < -0.39 is 47.3 Å². The molecular weight excluding hydrogens is 414 g/mol. The normalized spacial score (nSPS) is 12.5. The largest absolute Gasteiger partial charge is 0.519 e. The molecule has 0 aliphatic carbocycles. The number of hydrogen-bond donors (Lipinski definition) is 3. The Labute approximate surface area is 183 Å². The molecule has 182 valence electrons. The van der Waals surface area contributed by atoms with Crippen molar-refractivity contribution in [2.75, 3.05) is 6.54 Å². The monoisotopic (exact) mass is 451 g/mol. The van der Waals surface area contributed by atoms with Gasteiger partial charge in [-0.15, -0.1) is 0 Å². The minimum atomic E-state index is -1.37. The van der Waals surface area contributed by atoms with Gasteiger partial charge >= 0.3 is 24.4 Å². The maximum atomic E-state index is 11.1. The molecule has 0 heterocycles. The van der Waals surface area contributed by atoms with Crippen molar-refractivity contribution in [3.05, 3.63) is 0 Å². The maximum Gasteiger partial charge on any atom is 0.519 e. The molecule has 31 heavy (non-hydrogen) atoms. The number of aliphatic carboxylic acids is 1. The molecule has 0 aromatic heterocycles. The van der Waals surface area contributed by atoms with E-state index >= 15 is 0 Å². The molecule has 1 amide bonds. The summed E-state index contributed by atoms with van der Waals surface area (Å²) in [6.07, 6.45) is -3.55. The SMILES string of the molecule is CC(C)(C)OC(=O)NCCCC(O)C(=O)O.CC(C)(C)OC(=O)OC(=O)OC(C)(C)C. The molecule has 0 aromatic carbocycles. The van der Waals surface area contributed by atoms with E-state index in [1.165, 1.54) is 0 Å². The molecule has 0 aromatic rings. The average molecular weight is 452 g/mol. The molecule has 0 fully saturated rings. The first-order chi connectivity index (χ1) is 13.7. The molecule has 0 saturated heterocycles. The van der Waals surface area contributed by atoms with Gasteiger partial charge in [0.25, 0.3) is 0 Å². The molecule has 11 heteroatoms. The fourth-order valence-corrected chi connectivity index (χ4v) is 1.53. The smallest absolute Gasteiger partial charge is 0.479 e. The van der Waals surface area contributed by atoms with Crippen LogP contribution in [0.3, 0.4) is 0 Å². The van der Waals surface area contributed by atoms with E-state index in [9.17, 15) is 19.2 Å². The topological polar surface area (TPSA) is 158 Å². The number of aliphatic hydroxyl groups is 1. The summed E-state index contributed by atoms with van der Waals surface area (Å²) >= 11 is 0. The van der Waals surface area contributed by atoms with E-state index in [0.717, 1.165) is 0 Å². The lowest BCUT2D eigenvalue weighted by Crippen LogP contribution is -2.33. The first kappa shape index (κ1) is 30.6. The standard InChI is InChI=1S/C10H19NO5.C10H18O5/c1-10(2,3)16-9(15)11-6-4-5-7(12)8(13)14;1-9(2,3)14-7(11)13-8(12)15-10(4,5)6/h7,12H,4-6H2,1-3H3,(H,11,15)(H,13,14);1-6H3. The van der Waals surface area contributed by atoms with Crippen LogP contribution in [0.1, 0.15) is 75.2 Å². The molecule has 0 saturated carbocycles. The van der Waals surface area contributed by atoms with E-state index in [1.807, 2.05) is 0 Å². The predicted molar refractivity (Wildman–Crippen MR) is 111 cm³/mol. The summed E-state index contributed by atoms with van der Waals surface area (Å²) in [6, 6.07) is 0. The number of carbonyl (C=O) groups excluding carboxylic acids is 3. The second-order valence-electron chi connectivity index (χ2n) is 9.46. The first-order valence-corrected chi connectivity index (χ1v) is 9.73. The molecule has 0 radical (unpaired) electrons. The Kier molecular flexibility index (Phi) is 12.8. The van der Waals surface area contributed by atoms with Crippen molar-refractivity contribution in [2.24, 2.45) is 0 Å². The molecule has 3 N–H and O–H groups in total. The molecule has 11 nitrogen and oxygen atoms in total. The highest BCUT2D eigenvalue weighted by molar-refractivity contribution is 5.77. The second kappa shape index (κ2) is 13.0. The third-order valence-electron chi connectivity index (χ3n) is 2.55. The zero-order chi connectivity index (χ0) is 25.0. The molecule has 0 aliphatic heterocycles. The van der Waals surface area contributed by atoms with Crippen molar-refractivity contribution in [3.8, 4) is 0 Å². The van der Waals surface area contributed by atoms with Gasteiger partial charge in [-0.2, -0.15) is 0 Å². The highest BCUT2D eigenvalue weighted by Gasteiger charge is 2.24. The summed E-state index contributed by atoms with van der Waals surface area (Å²) in [4.78, 5) is 43.4. The highest BCUT2D eigenvalue weighted by Crippen LogP contribution is 2.11. The van der Waals surface area contributed by atoms with Crippen LogP contribution in [0, 0.1) is 0 Å². The third-order valence-corrected chi connectivity index (χ3v) is 2.55. The minimum Gasteiger partial charge on any atom is -0.479 e. The van der Waals surface area contributed by atoms with Gasteiger partial charge in [-0.05, 0) is 75.2 Å². The van der Waals surface area contributed by atoms with Gasteiger partial charge in [0, 0.05) is 6.54 Å². The molecule has 0 rings (SSSR count). The summed E-state index contributed by atoms with van der Waals surface area (Å²) in [5, 5.41) is 19.8. The van der Waals surface area contributed by atoms with Crippen LogP contribution in [-0.2, 0) is 23.7 Å². The molecule has 0 spiro atoms. The lowest BCUT2D eigenvalue weighted by atomic mass is 10.2. The molecule has 0 bridgehead atoms. The van der Waals surface area contributed by atoms with Crippen molar-refractivity contribution in [2.45, 2.75) is 98.1 Å². The van der Waals surface area contributed by atoms with Gasteiger partial charge in [0.05, 0.1) is 0 Å². The van der Waals surface area contributed by atoms with Crippen LogP contribution in [0.15, 0.2) is 0 Å². The summed E-state index contributed by atoms with van der Waals surface area (Å²) < 4.78 is 18.8. The van der Waals surface area contributed by atoms with E-state index in [-0.39, 0.29) is 13.0 Å². The Morgan fingerprint density at radius 3 is 1.48 bits per heavy atom. The summed E-state index contributed by atoms with van der Waals surface area (Å²) in [6.45, 7) is 15.5. The quantitative estimate of drug-likeness (QED) is 0.244. The average Bonchev–Trinajstić information content (AvgIpc) is 2.45. The predicted octanol–water partition coefficient (Wildman–Crippen LogP) is 3.61. The first-order valence-electron chi connectivity index (χ1n) is 9.73. The van der Waals surface area contributed by atoms with Gasteiger partial charge in [0.1, 0.15) is 16.8 Å². The van der Waals surface area contributed by atoms with Gasteiger partial charge in [0.15, 0.2) is 6.10 Å². The lowest BCUT2D eigenvalue weighted by molar-refractivity contribution is -0.146. The van der Waals surface area contributed by atoms with Crippen molar-refractivity contribution in [1.29, 1.82) is 0 Å². The van der Waals surface area contributed by atoms with Crippen LogP contribution in [0.2, 0.25) is 0 Å². The summed E-state index contributed by atoms with van der Waals surface area (Å²) in [5.74, 6) is -1.25. The van der Waals surface area contributed by atoms with E-state index in [4.69, 9.17) is 24.4 Å². The minimum absolute atomic E-state index is 0.102. The van der Waals surface area contributed by atoms with Gasteiger partial charge in [0.2, 0.25) is 0 Å². The number of alkyl carbamates (subject to hydrolysis) is 1. The number of carbonyl (C=O) groups is 4. The maximum absolute atomic E-state index is 11.1. The van der Waals surface area contributed by atoms with Crippen LogP contribution in [0.5, 0.6) is 0 Å². The number of hydrogen-bond acceptors (Lipinski definition) is 9. The molecule has 1 unspecified atom stereocenters. The number of carboxylic acids is 1. The van der Waals surface area contributed by atoms with Crippen LogP contribution in [-0.4, -0.2) is 64.0 Å². The van der Waals surface area contributed by atoms with Crippen LogP contribution < -0.4 is 5.32 Å². The van der Waals surface area contributed by atoms with Gasteiger partial charge in [-0.3, -0.25) is 0 Å². The van der Waals surface area contributed by atoms with Crippen LogP contribution >= 0.6 is 0 Å². The number of rotatable bonds is 5. The van der Waals surface area contributed by atoms with Gasteiger partial charge < -0.3 is 34.5 Å². The lowest BCUT2D eigenvalue weighted by Gasteiger charge is -2.20. The zero-order valence-corrected chi connectivity index (χ0v) is 19.9. The highest BCUT2D eigenvalue weighted by atomic mass is 16.8. The number of nitrogens with one attached hydrogen (secondary N) is 1. The number of ether oxygens (including phenoxy) is 4. The van der Waals surface area contributed by atoms with E-state index in [2.05, 4.69) is 10.1 Å². The van der Waals surface area contributed by atoms with Gasteiger partial charge in [-0.1, -0.05) is 0 Å². The van der Waals surface area contributed by atoms with Gasteiger partial charge in [-0.25, -0.2) is 19.2 Å². The number of aliphatic hydroxyl groups excluding tert-OH is 1. The van der Waals surface area contributed by atoms with Crippen LogP contribution in [0.4, 0.5) is 14.4 Å². The fraction of sp³-hybridized carbons (Fsp3) is 0.800. The Hall–Kier alpha value is -2.56. The Bertz CT molecular complexity index is 571. The number of amides is 1. The van der Waals surface area contributed by atoms with Crippen LogP contribution in [0.25, 0.3) is 0 Å². The Balaban J connectivity index is 0. The van der Waals surface area contributed by atoms with Crippen molar-refractivity contribution >= 4 is 24.4 Å². The summed E-state index contributed by atoms with van der Waals surface area (Å²) in [5.41, 5.74) is -1.94. The van der Waals surface area contributed by atoms with Crippen molar-refractivity contribution < 1.29 is 48.3 Å².